The van der Waals surface area contributed by atoms with Gasteiger partial charge < -0.3 is 10.6 Å². The van der Waals surface area contributed by atoms with Crippen LogP contribution in [0.3, 0.4) is 0 Å². The highest BCUT2D eigenvalue weighted by molar-refractivity contribution is 6.30. The molecule has 0 aliphatic rings. The first kappa shape index (κ1) is 14.3. The maximum Gasteiger partial charge on any atom is 0.141 e. The van der Waals surface area contributed by atoms with Gasteiger partial charge >= 0.3 is 0 Å². The Morgan fingerprint density at radius 3 is 2.65 bits per heavy atom. The van der Waals surface area contributed by atoms with Crippen molar-refractivity contribution in [2.45, 2.75) is 13.0 Å². The summed E-state index contributed by atoms with van der Waals surface area (Å²) in [7, 11) is 2.00. The van der Waals surface area contributed by atoms with E-state index in [1.54, 1.807) is 12.3 Å². The zero-order valence-corrected chi connectivity index (χ0v) is 12.2. The van der Waals surface area contributed by atoms with Crippen molar-refractivity contribution in [3.63, 3.8) is 0 Å². The molecular weight excluding hydrogens is 272 g/mol. The molecule has 0 saturated heterocycles. The molecule has 0 radical (unpaired) electrons. The van der Waals surface area contributed by atoms with Crippen LogP contribution in [0.2, 0.25) is 5.02 Å². The van der Waals surface area contributed by atoms with Crippen LogP contribution in [-0.2, 0) is 0 Å². The van der Waals surface area contributed by atoms with E-state index in [1.807, 2.05) is 37.4 Å². The number of hydrogen-bond acceptors (Lipinski definition) is 3. The maximum atomic E-state index is 7.34. The highest BCUT2D eigenvalue weighted by Crippen LogP contribution is 2.26. The maximum absolute atomic E-state index is 7.34. The number of nitrogens with two attached hydrogens (primary N) is 1. The molecule has 2 rings (SSSR count). The van der Waals surface area contributed by atoms with Crippen LogP contribution >= 0.6 is 11.6 Å². The van der Waals surface area contributed by atoms with E-state index in [9.17, 15) is 0 Å². The molecule has 1 unspecified atom stereocenters. The number of nitrogens with one attached hydrogen (secondary N) is 1. The largest absolute Gasteiger partial charge is 0.382 e. The van der Waals surface area contributed by atoms with Crippen molar-refractivity contribution < 1.29 is 0 Å². The molecule has 3 N–H and O–H groups in total. The summed E-state index contributed by atoms with van der Waals surface area (Å²) in [6, 6.07) is 11.6. The predicted octanol–water partition coefficient (Wildman–Crippen LogP) is 3.22. The quantitative estimate of drug-likeness (QED) is 0.670. The molecule has 2 aromatic rings. The molecule has 104 valence electrons. The number of halogens is 1. The third kappa shape index (κ3) is 3.08. The minimum Gasteiger partial charge on any atom is -0.382 e. The average molecular weight is 289 g/mol. The van der Waals surface area contributed by atoms with Crippen LogP contribution in [0.25, 0.3) is 0 Å². The van der Waals surface area contributed by atoms with Crippen LogP contribution in [0.15, 0.2) is 42.6 Å². The van der Waals surface area contributed by atoms with Crippen molar-refractivity contribution in [3.8, 4) is 0 Å². The lowest BCUT2D eigenvalue weighted by molar-refractivity contribution is 0.738. The molecule has 1 aromatic heterocycles. The number of rotatable bonds is 4. The van der Waals surface area contributed by atoms with Crippen molar-refractivity contribution >= 4 is 23.1 Å². The summed E-state index contributed by atoms with van der Waals surface area (Å²) < 4.78 is 0. The highest BCUT2D eigenvalue weighted by Gasteiger charge is 2.13. The predicted molar refractivity (Wildman–Crippen MR) is 83.5 cm³/mol. The number of amidine groups is 1. The van der Waals surface area contributed by atoms with Crippen molar-refractivity contribution in [1.29, 1.82) is 5.41 Å². The molecule has 4 nitrogen and oxygen atoms in total. The Bertz CT molecular complexity index is 610. The molecule has 20 heavy (non-hydrogen) atoms. The summed E-state index contributed by atoms with van der Waals surface area (Å²) in [5.41, 5.74) is 7.98. The Kier molecular flexibility index (Phi) is 4.25. The third-order valence-electron chi connectivity index (χ3n) is 3.34. The molecule has 1 aromatic carbocycles. The van der Waals surface area contributed by atoms with Crippen molar-refractivity contribution in [2.24, 2.45) is 5.73 Å². The molecule has 5 heteroatoms. The van der Waals surface area contributed by atoms with Gasteiger partial charge in [-0.2, -0.15) is 0 Å². The fraction of sp³-hybridized carbons (Fsp3) is 0.200. The molecule has 0 saturated carbocycles. The van der Waals surface area contributed by atoms with E-state index in [1.165, 1.54) is 0 Å². The fourth-order valence-corrected chi connectivity index (χ4v) is 2.17. The number of pyridine rings is 1. The van der Waals surface area contributed by atoms with E-state index >= 15 is 0 Å². The second kappa shape index (κ2) is 5.92. The summed E-state index contributed by atoms with van der Waals surface area (Å²) in [4.78, 5) is 6.28. The van der Waals surface area contributed by atoms with Crippen molar-refractivity contribution in [2.75, 3.05) is 11.9 Å². The second-order valence-electron chi connectivity index (χ2n) is 4.66. The van der Waals surface area contributed by atoms with Crippen LogP contribution in [0.5, 0.6) is 0 Å². The molecule has 0 aliphatic heterocycles. The minimum atomic E-state index is -0.0258. The van der Waals surface area contributed by atoms with Gasteiger partial charge in [0.15, 0.2) is 0 Å². The number of nitrogen functional groups attached to an aromatic ring is 1. The smallest absolute Gasteiger partial charge is 0.141 e. The van der Waals surface area contributed by atoms with Gasteiger partial charge in [-0.15, -0.1) is 0 Å². The van der Waals surface area contributed by atoms with Gasteiger partial charge in [0.2, 0.25) is 0 Å². The first-order valence-corrected chi connectivity index (χ1v) is 6.65. The minimum absolute atomic E-state index is 0.0258. The standard InChI is InChI=1S/C15H17ClN4/c1-10(11-4-3-5-12(16)8-11)20(2)13-6-7-14(15(17)18)19-9-13/h3-10H,1-2H3,(H3,17,18). The van der Waals surface area contributed by atoms with E-state index < -0.39 is 0 Å². The summed E-state index contributed by atoms with van der Waals surface area (Å²) in [5, 5.41) is 8.07. The second-order valence-corrected chi connectivity index (χ2v) is 5.09. The number of aromatic nitrogens is 1. The first-order chi connectivity index (χ1) is 9.49. The topological polar surface area (TPSA) is 66.0 Å². The lowest BCUT2D eigenvalue weighted by Crippen LogP contribution is -2.22. The molecule has 0 bridgehead atoms. The van der Waals surface area contributed by atoms with Crippen LogP contribution in [-0.4, -0.2) is 17.9 Å². The van der Waals surface area contributed by atoms with Crippen LogP contribution in [0, 0.1) is 5.41 Å². The van der Waals surface area contributed by atoms with E-state index in [0.717, 1.165) is 16.3 Å². The van der Waals surface area contributed by atoms with Crippen LogP contribution < -0.4 is 10.6 Å². The average Bonchev–Trinajstić information content (AvgIpc) is 2.46. The van der Waals surface area contributed by atoms with Crippen molar-refractivity contribution in [1.82, 2.24) is 4.98 Å². The zero-order valence-electron chi connectivity index (χ0n) is 11.5. The van der Waals surface area contributed by atoms with Crippen LogP contribution in [0.1, 0.15) is 24.2 Å². The molecule has 0 aliphatic carbocycles. The fourth-order valence-electron chi connectivity index (χ4n) is 1.97. The molecule has 1 heterocycles. The van der Waals surface area contributed by atoms with Gasteiger partial charge in [0.05, 0.1) is 17.9 Å². The molecule has 0 amide bonds. The first-order valence-electron chi connectivity index (χ1n) is 6.28. The lowest BCUT2D eigenvalue weighted by Gasteiger charge is -2.27. The molecule has 1 atom stereocenters. The highest BCUT2D eigenvalue weighted by atomic mass is 35.5. The monoisotopic (exact) mass is 288 g/mol. The Labute approximate surface area is 123 Å². The van der Waals surface area contributed by atoms with E-state index in [4.69, 9.17) is 22.7 Å². The Morgan fingerprint density at radius 1 is 1.35 bits per heavy atom. The summed E-state index contributed by atoms with van der Waals surface area (Å²) in [5.74, 6) is -0.0258. The number of hydrogen-bond donors (Lipinski definition) is 2. The van der Waals surface area contributed by atoms with Crippen molar-refractivity contribution in [3.05, 3.63) is 58.9 Å². The van der Waals surface area contributed by atoms with Gasteiger partial charge in [-0.1, -0.05) is 23.7 Å². The van der Waals surface area contributed by atoms with Gasteiger partial charge in [0.25, 0.3) is 0 Å². The third-order valence-corrected chi connectivity index (χ3v) is 3.58. The number of benzene rings is 1. The van der Waals surface area contributed by atoms with Gasteiger partial charge in [0.1, 0.15) is 11.5 Å². The van der Waals surface area contributed by atoms with Gasteiger partial charge in [0, 0.05) is 12.1 Å². The molecule has 0 fully saturated rings. The zero-order chi connectivity index (χ0) is 14.7. The molecular formula is C15H17ClN4. The van der Waals surface area contributed by atoms with Crippen LogP contribution in [0.4, 0.5) is 5.69 Å². The van der Waals surface area contributed by atoms with Gasteiger partial charge in [-0.05, 0) is 36.8 Å². The number of nitrogens with zero attached hydrogens (tertiary/aromatic N) is 2. The van der Waals surface area contributed by atoms with Gasteiger partial charge in [-0.25, -0.2) is 0 Å². The lowest BCUT2D eigenvalue weighted by atomic mass is 10.1. The normalized spacial score (nSPS) is 11.9. The summed E-state index contributed by atoms with van der Waals surface area (Å²) in [6.45, 7) is 2.10. The van der Waals surface area contributed by atoms with E-state index in [-0.39, 0.29) is 11.9 Å². The Balaban J connectivity index is 2.22. The number of anilines is 1. The van der Waals surface area contributed by atoms with E-state index in [0.29, 0.717) is 5.69 Å². The summed E-state index contributed by atoms with van der Waals surface area (Å²) in [6.07, 6.45) is 1.72. The Morgan fingerprint density at radius 2 is 2.10 bits per heavy atom. The van der Waals surface area contributed by atoms with E-state index in [2.05, 4.69) is 16.8 Å². The summed E-state index contributed by atoms with van der Waals surface area (Å²) >= 11 is 6.03. The molecule has 0 spiro atoms. The Hall–Kier alpha value is -2.07. The van der Waals surface area contributed by atoms with Gasteiger partial charge in [-0.3, -0.25) is 10.4 Å². The SMILES string of the molecule is CC(c1cccc(Cl)c1)N(C)c1ccc(C(=N)N)nc1.